The second-order valence-electron chi connectivity index (χ2n) is 3.47. The van der Waals surface area contributed by atoms with Gasteiger partial charge in [0, 0.05) is 17.3 Å². The summed E-state index contributed by atoms with van der Waals surface area (Å²) in [6.07, 6.45) is 2.82. The van der Waals surface area contributed by atoms with Gasteiger partial charge in [-0.1, -0.05) is 13.3 Å². The highest BCUT2D eigenvalue weighted by Crippen LogP contribution is 2.55. The zero-order chi connectivity index (χ0) is 7.73. The van der Waals surface area contributed by atoms with E-state index in [-0.39, 0.29) is 0 Å². The highest BCUT2D eigenvalue weighted by molar-refractivity contribution is 8.33. The summed E-state index contributed by atoms with van der Waals surface area (Å²) in [6, 6.07) is 0. The van der Waals surface area contributed by atoms with Crippen LogP contribution in [0.1, 0.15) is 19.8 Å². The minimum absolute atomic E-state index is 0.726. The lowest BCUT2D eigenvalue weighted by Crippen LogP contribution is -2.38. The summed E-state index contributed by atoms with van der Waals surface area (Å²) in [7, 11) is 0. The molecule has 3 rings (SSSR count). The Hall–Kier alpha value is 1.05. The maximum Gasteiger partial charge on any atom is 0.0956 e. The van der Waals surface area contributed by atoms with Crippen LogP contribution in [-0.2, 0) is 0 Å². The fourth-order valence-corrected chi connectivity index (χ4v) is 7.03. The Morgan fingerprint density at radius 3 is 2.18 bits per heavy atom. The van der Waals surface area contributed by atoms with E-state index in [1.165, 1.54) is 30.1 Å². The van der Waals surface area contributed by atoms with Gasteiger partial charge in [-0.05, 0) is 11.8 Å². The van der Waals surface area contributed by atoms with E-state index in [1.807, 2.05) is 0 Å². The molecule has 0 saturated carbocycles. The van der Waals surface area contributed by atoms with Gasteiger partial charge in [-0.15, -0.1) is 35.3 Å². The van der Waals surface area contributed by atoms with Crippen molar-refractivity contribution in [2.24, 2.45) is 5.41 Å². The Kier molecular flexibility index (Phi) is 2.69. The first-order valence-electron chi connectivity index (χ1n) is 4.19. The van der Waals surface area contributed by atoms with Crippen LogP contribution in [0.15, 0.2) is 0 Å². The molecule has 0 aliphatic carbocycles. The van der Waals surface area contributed by atoms with E-state index in [9.17, 15) is 0 Å². The van der Waals surface area contributed by atoms with Crippen LogP contribution in [-0.4, -0.2) is 21.2 Å². The lowest BCUT2D eigenvalue weighted by Gasteiger charge is -2.45. The third kappa shape index (κ3) is 1.70. The van der Waals surface area contributed by atoms with Gasteiger partial charge < -0.3 is 0 Å². The van der Waals surface area contributed by atoms with E-state index in [1.54, 1.807) is 0 Å². The topological polar surface area (TPSA) is 0 Å². The molecular weight excluding hydrogens is 192 g/mol. The molecular formula is C8H14S3. The van der Waals surface area contributed by atoms with E-state index < -0.39 is 0 Å². The van der Waals surface area contributed by atoms with Gasteiger partial charge in [-0.25, -0.2) is 0 Å². The largest absolute Gasteiger partial charge is 0.136 e. The average Bonchev–Trinajstić information content (AvgIpc) is 2.07. The highest BCUT2D eigenvalue weighted by atomic mass is 32.3. The van der Waals surface area contributed by atoms with E-state index in [4.69, 9.17) is 0 Å². The second kappa shape index (κ2) is 3.43. The molecule has 0 radical (unpaired) electrons. The zero-order valence-electron chi connectivity index (χ0n) is 6.84. The lowest BCUT2D eigenvalue weighted by molar-refractivity contribution is 0.396. The first-order chi connectivity index (χ1) is 5.35. The van der Waals surface area contributed by atoms with Crippen molar-refractivity contribution in [2.75, 3.05) is 17.3 Å². The van der Waals surface area contributed by atoms with Crippen LogP contribution in [0.25, 0.3) is 0 Å². The molecule has 0 spiro atoms. The van der Waals surface area contributed by atoms with Gasteiger partial charge in [0.1, 0.15) is 0 Å². The number of hydrogen-bond acceptors (Lipinski definition) is 3. The predicted molar refractivity (Wildman–Crippen MR) is 58.5 cm³/mol. The third-order valence-electron chi connectivity index (χ3n) is 2.36. The van der Waals surface area contributed by atoms with Crippen LogP contribution in [0, 0.1) is 5.41 Å². The molecule has 0 N–H and O–H groups in total. The van der Waals surface area contributed by atoms with Gasteiger partial charge in [0.05, 0.1) is 3.91 Å². The minimum atomic E-state index is 0.726. The van der Waals surface area contributed by atoms with Crippen molar-refractivity contribution < 1.29 is 0 Å². The highest BCUT2D eigenvalue weighted by Gasteiger charge is 2.41. The molecule has 0 aromatic heterocycles. The molecule has 0 aromatic rings. The summed E-state index contributed by atoms with van der Waals surface area (Å²) >= 11 is 6.53. The summed E-state index contributed by atoms with van der Waals surface area (Å²) in [6.45, 7) is 2.31. The Balaban J connectivity index is 2.00. The quantitative estimate of drug-likeness (QED) is 0.680. The second-order valence-corrected chi connectivity index (χ2v) is 7.65. The predicted octanol–water partition coefficient (Wildman–Crippen LogP) is 3.28. The van der Waals surface area contributed by atoms with Gasteiger partial charge in [-0.2, -0.15) is 0 Å². The fraction of sp³-hybridized carbons (Fsp3) is 1.00. The van der Waals surface area contributed by atoms with Crippen LogP contribution < -0.4 is 0 Å². The Morgan fingerprint density at radius 2 is 1.73 bits per heavy atom. The van der Waals surface area contributed by atoms with Crippen molar-refractivity contribution in [3.8, 4) is 0 Å². The minimum Gasteiger partial charge on any atom is -0.136 e. The molecule has 3 heteroatoms. The molecule has 3 aliphatic rings. The molecule has 3 saturated heterocycles. The molecule has 0 aromatic carbocycles. The number of rotatable bonds is 2. The summed E-state index contributed by atoms with van der Waals surface area (Å²) in [5, 5.41) is 0. The van der Waals surface area contributed by atoms with Crippen LogP contribution in [0.3, 0.4) is 0 Å². The fourth-order valence-electron chi connectivity index (χ4n) is 1.75. The Bertz CT molecular complexity index is 118. The smallest absolute Gasteiger partial charge is 0.0956 e. The third-order valence-corrected chi connectivity index (χ3v) is 7.96. The molecule has 0 amide bonds. The molecule has 64 valence electrons. The molecule has 0 nitrogen and oxygen atoms in total. The summed E-state index contributed by atoms with van der Waals surface area (Å²) in [4.78, 5) is 0. The molecule has 3 fully saturated rings. The first kappa shape index (κ1) is 8.64. The van der Waals surface area contributed by atoms with Crippen molar-refractivity contribution in [1.82, 2.24) is 0 Å². The van der Waals surface area contributed by atoms with E-state index in [2.05, 4.69) is 42.2 Å². The zero-order valence-corrected chi connectivity index (χ0v) is 9.29. The molecule has 3 aliphatic heterocycles. The molecule has 0 atom stereocenters. The van der Waals surface area contributed by atoms with Crippen molar-refractivity contribution in [3.05, 3.63) is 0 Å². The standard InChI is InChI=1S/C8H14S3/c1-2-3-8-4-9-7(10-5-8)11-6-8/h7H,2-6H2,1H3. The van der Waals surface area contributed by atoms with Crippen molar-refractivity contribution in [2.45, 2.75) is 23.7 Å². The maximum atomic E-state index is 2.31. The normalized spacial score (nSPS) is 42.8. The Labute approximate surface area is 81.7 Å². The van der Waals surface area contributed by atoms with Crippen LogP contribution >= 0.6 is 35.3 Å². The maximum absolute atomic E-state index is 2.31. The van der Waals surface area contributed by atoms with Gasteiger partial charge >= 0.3 is 0 Å². The SMILES string of the molecule is CCCC12CSC(SC1)SC2. The van der Waals surface area contributed by atoms with E-state index >= 15 is 0 Å². The Morgan fingerprint density at radius 1 is 1.18 bits per heavy atom. The number of fused-ring (bicyclic) bond motifs is 3. The van der Waals surface area contributed by atoms with E-state index in [0.717, 1.165) is 9.33 Å². The average molecular weight is 206 g/mol. The van der Waals surface area contributed by atoms with Gasteiger partial charge in [0.2, 0.25) is 0 Å². The van der Waals surface area contributed by atoms with Crippen molar-refractivity contribution in [1.29, 1.82) is 0 Å². The lowest BCUT2D eigenvalue weighted by atomic mass is 9.90. The van der Waals surface area contributed by atoms with Gasteiger partial charge in [-0.3, -0.25) is 0 Å². The molecule has 2 bridgehead atoms. The van der Waals surface area contributed by atoms with Crippen LogP contribution in [0.5, 0.6) is 0 Å². The van der Waals surface area contributed by atoms with Crippen molar-refractivity contribution >= 4 is 35.3 Å². The number of hydrogen-bond donors (Lipinski definition) is 0. The van der Waals surface area contributed by atoms with Crippen LogP contribution in [0.4, 0.5) is 0 Å². The summed E-state index contributed by atoms with van der Waals surface area (Å²) in [5.41, 5.74) is 0.726. The summed E-state index contributed by atoms with van der Waals surface area (Å²) in [5.74, 6) is 4.31. The van der Waals surface area contributed by atoms with Crippen LogP contribution in [0.2, 0.25) is 0 Å². The molecule has 0 unspecified atom stereocenters. The summed E-state index contributed by atoms with van der Waals surface area (Å²) < 4.78 is 0.883. The first-order valence-corrected chi connectivity index (χ1v) is 7.34. The monoisotopic (exact) mass is 206 g/mol. The molecule has 11 heavy (non-hydrogen) atoms. The number of thioether (sulfide) groups is 3. The van der Waals surface area contributed by atoms with Crippen molar-refractivity contribution in [3.63, 3.8) is 0 Å². The molecule has 3 heterocycles. The van der Waals surface area contributed by atoms with Gasteiger partial charge in [0.15, 0.2) is 0 Å². The van der Waals surface area contributed by atoms with E-state index in [0.29, 0.717) is 0 Å². The van der Waals surface area contributed by atoms with Gasteiger partial charge in [0.25, 0.3) is 0 Å².